The molecule has 2 aromatic carbocycles. The van der Waals surface area contributed by atoms with Crippen molar-refractivity contribution in [2.45, 2.75) is 18.2 Å². The van der Waals surface area contributed by atoms with E-state index in [1.165, 1.54) is 0 Å². The van der Waals surface area contributed by atoms with E-state index in [9.17, 15) is 8.42 Å². The van der Waals surface area contributed by atoms with Crippen LogP contribution in [-0.4, -0.2) is 41.8 Å². The molecular formula is C21H26N2O4S. The first kappa shape index (κ1) is 20.4. The van der Waals surface area contributed by atoms with Gasteiger partial charge >= 0.3 is 0 Å². The van der Waals surface area contributed by atoms with Gasteiger partial charge in [0.25, 0.3) is 0 Å². The van der Waals surface area contributed by atoms with Crippen molar-refractivity contribution in [1.82, 2.24) is 10.0 Å². The molecule has 2 N–H and O–H groups in total. The molecule has 0 bridgehead atoms. The van der Waals surface area contributed by atoms with E-state index in [4.69, 9.17) is 9.47 Å². The molecule has 0 fully saturated rings. The third-order valence-corrected chi connectivity index (χ3v) is 5.97. The predicted molar refractivity (Wildman–Crippen MR) is 110 cm³/mol. The number of fused-ring (bicyclic) bond motifs is 1. The van der Waals surface area contributed by atoms with Crippen molar-refractivity contribution in [3.8, 4) is 11.5 Å². The Morgan fingerprint density at radius 2 is 1.89 bits per heavy atom. The number of hydrogen-bond acceptors (Lipinski definition) is 5. The Morgan fingerprint density at radius 1 is 1.11 bits per heavy atom. The zero-order chi connectivity index (χ0) is 20.0. The molecular weight excluding hydrogens is 376 g/mol. The van der Waals surface area contributed by atoms with Gasteiger partial charge in [-0.05, 0) is 61.9 Å². The highest BCUT2D eigenvalue weighted by Gasteiger charge is 2.13. The number of nitrogens with one attached hydrogen (secondary N) is 2. The number of hydrogen-bond donors (Lipinski definition) is 2. The van der Waals surface area contributed by atoms with Crippen molar-refractivity contribution in [3.05, 3.63) is 59.2 Å². The molecule has 0 aliphatic carbocycles. The van der Waals surface area contributed by atoms with Crippen LogP contribution < -0.4 is 19.5 Å². The number of sulfonamides is 1. The molecule has 0 spiro atoms. The van der Waals surface area contributed by atoms with Crippen LogP contribution in [0.1, 0.15) is 17.5 Å². The molecule has 1 aliphatic rings. The Morgan fingerprint density at radius 3 is 2.64 bits per heavy atom. The summed E-state index contributed by atoms with van der Waals surface area (Å²) < 4.78 is 38.1. The molecule has 3 rings (SSSR count). The van der Waals surface area contributed by atoms with Crippen LogP contribution in [0, 0.1) is 6.92 Å². The largest absolute Gasteiger partial charge is 0.497 e. The minimum atomic E-state index is -3.45. The molecule has 1 aliphatic heterocycles. The summed E-state index contributed by atoms with van der Waals surface area (Å²) in [5, 5.41) is 3.33. The van der Waals surface area contributed by atoms with Crippen LogP contribution in [0.25, 0.3) is 6.08 Å². The predicted octanol–water partition coefficient (Wildman–Crippen LogP) is 2.74. The zero-order valence-corrected chi connectivity index (χ0v) is 17.0. The van der Waals surface area contributed by atoms with Gasteiger partial charge in [-0.1, -0.05) is 17.7 Å². The van der Waals surface area contributed by atoms with Crippen molar-refractivity contribution < 1.29 is 17.9 Å². The number of benzene rings is 2. The second-order valence-corrected chi connectivity index (χ2v) is 8.50. The minimum Gasteiger partial charge on any atom is -0.497 e. The molecule has 0 saturated heterocycles. The molecule has 0 unspecified atom stereocenters. The van der Waals surface area contributed by atoms with Crippen molar-refractivity contribution in [1.29, 1.82) is 0 Å². The minimum absolute atomic E-state index is 0.296. The Bertz CT molecular complexity index is 937. The molecule has 0 radical (unpaired) electrons. The normalized spacial score (nSPS) is 13.4. The van der Waals surface area contributed by atoms with Crippen molar-refractivity contribution >= 4 is 16.1 Å². The topological polar surface area (TPSA) is 76.7 Å². The van der Waals surface area contributed by atoms with Crippen LogP contribution in [0.5, 0.6) is 11.5 Å². The SMILES string of the molecule is COc1ccc2c(c1)C=C(CNCCCNS(=O)(=O)c1ccc(C)cc1)CO2. The van der Waals surface area contributed by atoms with Gasteiger partial charge in [-0.2, -0.15) is 0 Å². The molecule has 150 valence electrons. The maximum absolute atomic E-state index is 12.2. The smallest absolute Gasteiger partial charge is 0.240 e. The molecule has 7 heteroatoms. The first-order chi connectivity index (χ1) is 13.5. The summed E-state index contributed by atoms with van der Waals surface area (Å²) in [7, 11) is -1.80. The van der Waals surface area contributed by atoms with Crippen LogP contribution in [0.3, 0.4) is 0 Å². The summed E-state index contributed by atoms with van der Waals surface area (Å²) in [4.78, 5) is 0.296. The van der Waals surface area contributed by atoms with E-state index in [1.54, 1.807) is 31.4 Å². The molecule has 6 nitrogen and oxygen atoms in total. The average Bonchev–Trinajstić information content (AvgIpc) is 2.70. The van der Waals surface area contributed by atoms with Gasteiger partial charge in [0.1, 0.15) is 18.1 Å². The van der Waals surface area contributed by atoms with Crippen molar-refractivity contribution in [2.24, 2.45) is 0 Å². The lowest BCUT2D eigenvalue weighted by Gasteiger charge is -2.19. The summed E-state index contributed by atoms with van der Waals surface area (Å²) in [6.07, 6.45) is 2.80. The lowest BCUT2D eigenvalue weighted by molar-refractivity contribution is 0.341. The fraction of sp³-hybridized carbons (Fsp3) is 0.333. The van der Waals surface area contributed by atoms with Gasteiger partial charge in [0.15, 0.2) is 0 Å². The van der Waals surface area contributed by atoms with Crippen molar-refractivity contribution in [3.63, 3.8) is 0 Å². The Labute approximate surface area is 166 Å². The lowest BCUT2D eigenvalue weighted by atomic mass is 10.1. The first-order valence-corrected chi connectivity index (χ1v) is 10.7. The highest BCUT2D eigenvalue weighted by atomic mass is 32.2. The third-order valence-electron chi connectivity index (χ3n) is 4.50. The summed E-state index contributed by atoms with van der Waals surface area (Å²) in [6.45, 7) is 4.27. The Balaban J connectivity index is 1.41. The molecule has 0 atom stereocenters. The van der Waals surface area contributed by atoms with Crippen molar-refractivity contribution in [2.75, 3.05) is 33.4 Å². The van der Waals surface area contributed by atoms with E-state index >= 15 is 0 Å². The molecule has 2 aromatic rings. The monoisotopic (exact) mass is 402 g/mol. The average molecular weight is 403 g/mol. The summed E-state index contributed by atoms with van der Waals surface area (Å²) >= 11 is 0. The maximum atomic E-state index is 12.2. The fourth-order valence-electron chi connectivity index (χ4n) is 2.90. The molecule has 0 amide bonds. The number of aryl methyl sites for hydroxylation is 1. The summed E-state index contributed by atoms with van der Waals surface area (Å²) in [6, 6.07) is 12.6. The second-order valence-electron chi connectivity index (χ2n) is 6.74. The van der Waals surface area contributed by atoms with Crippen LogP contribution in [-0.2, 0) is 10.0 Å². The molecule has 1 heterocycles. The first-order valence-electron chi connectivity index (χ1n) is 9.25. The van der Waals surface area contributed by atoms with E-state index in [0.29, 0.717) is 37.6 Å². The van der Waals surface area contributed by atoms with Gasteiger partial charge in [-0.25, -0.2) is 13.1 Å². The fourth-order valence-corrected chi connectivity index (χ4v) is 3.98. The number of rotatable bonds is 9. The van der Waals surface area contributed by atoms with Gasteiger partial charge in [-0.15, -0.1) is 0 Å². The summed E-state index contributed by atoms with van der Waals surface area (Å²) in [5.74, 6) is 1.66. The van der Waals surface area contributed by atoms with Crippen LogP contribution in [0.2, 0.25) is 0 Å². The molecule has 0 saturated carbocycles. The lowest BCUT2D eigenvalue weighted by Crippen LogP contribution is -2.28. The van der Waals surface area contributed by atoms with Gasteiger partial charge in [0.05, 0.1) is 12.0 Å². The van der Waals surface area contributed by atoms with E-state index in [2.05, 4.69) is 16.1 Å². The van der Waals surface area contributed by atoms with E-state index in [-0.39, 0.29) is 0 Å². The van der Waals surface area contributed by atoms with Crippen LogP contribution in [0.4, 0.5) is 0 Å². The van der Waals surface area contributed by atoms with Gasteiger partial charge in [0.2, 0.25) is 10.0 Å². The van der Waals surface area contributed by atoms with Gasteiger partial charge < -0.3 is 14.8 Å². The van der Waals surface area contributed by atoms with E-state index < -0.39 is 10.0 Å². The summed E-state index contributed by atoms with van der Waals surface area (Å²) in [5.41, 5.74) is 3.18. The van der Waals surface area contributed by atoms with E-state index in [0.717, 1.165) is 28.2 Å². The Kier molecular flexibility index (Phi) is 6.72. The molecule has 0 aromatic heterocycles. The standard InChI is InChI=1S/C21H26N2O4S/c1-16-4-7-20(8-5-16)28(24,25)23-11-3-10-22-14-17-12-18-13-19(26-2)6-9-21(18)27-15-17/h4-9,12-13,22-23H,3,10-11,14-15H2,1-2H3. The maximum Gasteiger partial charge on any atom is 0.240 e. The van der Waals surface area contributed by atoms with Gasteiger partial charge in [0, 0.05) is 18.7 Å². The highest BCUT2D eigenvalue weighted by molar-refractivity contribution is 7.89. The highest BCUT2D eigenvalue weighted by Crippen LogP contribution is 2.29. The van der Waals surface area contributed by atoms with Crippen LogP contribution in [0.15, 0.2) is 52.9 Å². The zero-order valence-electron chi connectivity index (χ0n) is 16.2. The van der Waals surface area contributed by atoms with Gasteiger partial charge in [-0.3, -0.25) is 0 Å². The van der Waals surface area contributed by atoms with E-state index in [1.807, 2.05) is 25.1 Å². The number of ether oxygens (including phenoxy) is 2. The quantitative estimate of drug-likeness (QED) is 0.631. The second kappa shape index (κ2) is 9.23. The Hall–Kier alpha value is -2.35. The third kappa shape index (κ3) is 5.34. The number of methoxy groups -OCH3 is 1. The van der Waals surface area contributed by atoms with Crippen LogP contribution >= 0.6 is 0 Å². The molecule has 28 heavy (non-hydrogen) atoms.